The summed E-state index contributed by atoms with van der Waals surface area (Å²) in [6.07, 6.45) is 5.19. The van der Waals surface area contributed by atoms with Gasteiger partial charge in [0.05, 0.1) is 11.2 Å². The molecule has 1 N–H and O–H groups in total. The third kappa shape index (κ3) is 4.06. The van der Waals surface area contributed by atoms with Gasteiger partial charge < -0.3 is 14.8 Å². The largest absolute Gasteiger partial charge is 0.484 e. The second-order valence-corrected chi connectivity index (χ2v) is 8.08. The molecule has 2 unspecified atom stereocenters. The first-order valence-corrected chi connectivity index (χ1v) is 10.8. The van der Waals surface area contributed by atoms with E-state index < -0.39 is 0 Å². The van der Waals surface area contributed by atoms with Crippen molar-refractivity contribution in [1.29, 1.82) is 0 Å². The van der Waals surface area contributed by atoms with Crippen LogP contribution in [0.25, 0.3) is 22.2 Å². The van der Waals surface area contributed by atoms with E-state index in [2.05, 4.69) is 63.4 Å². The Labute approximate surface area is 186 Å². The smallest absolute Gasteiger partial charge is 0.257 e. The van der Waals surface area contributed by atoms with Crippen LogP contribution in [0.1, 0.15) is 25.3 Å². The van der Waals surface area contributed by atoms with Gasteiger partial charge >= 0.3 is 0 Å². The van der Waals surface area contributed by atoms with Crippen molar-refractivity contribution in [3.8, 4) is 22.9 Å². The number of aromatic nitrogens is 4. The highest BCUT2D eigenvalue weighted by Crippen LogP contribution is 2.38. The molecule has 3 aromatic heterocycles. The maximum absolute atomic E-state index is 5.85. The summed E-state index contributed by atoms with van der Waals surface area (Å²) >= 11 is 0. The zero-order valence-corrected chi connectivity index (χ0v) is 18.2. The number of pyridine rings is 2. The van der Waals surface area contributed by atoms with E-state index in [0.717, 1.165) is 45.8 Å². The molecule has 162 valence electrons. The van der Waals surface area contributed by atoms with Crippen LogP contribution in [0.4, 0.5) is 5.82 Å². The van der Waals surface area contributed by atoms with Gasteiger partial charge in [0.25, 0.3) is 5.88 Å². The number of rotatable bonds is 6. The van der Waals surface area contributed by atoms with Crippen molar-refractivity contribution in [2.24, 2.45) is 5.92 Å². The minimum Gasteiger partial charge on any atom is -0.484 e. The molecule has 7 heteroatoms. The number of nitrogens with one attached hydrogen (secondary N) is 1. The van der Waals surface area contributed by atoms with Crippen molar-refractivity contribution < 1.29 is 9.47 Å². The summed E-state index contributed by atoms with van der Waals surface area (Å²) in [5.41, 5.74) is 3.96. The molecule has 4 aromatic rings. The summed E-state index contributed by atoms with van der Waals surface area (Å²) in [6.45, 7) is 6.27. The molecule has 0 bridgehead atoms. The molecule has 4 heterocycles. The Balaban J connectivity index is 1.30. The minimum absolute atomic E-state index is 0.258. The van der Waals surface area contributed by atoms with Crippen LogP contribution < -0.4 is 14.8 Å². The van der Waals surface area contributed by atoms with E-state index in [0.29, 0.717) is 25.0 Å². The molecular weight excluding hydrogens is 402 g/mol. The fourth-order valence-electron chi connectivity index (χ4n) is 3.92. The Morgan fingerprint density at radius 3 is 2.78 bits per heavy atom. The number of hydrogen-bond donors (Lipinski definition) is 1. The second kappa shape index (κ2) is 8.78. The first kappa shape index (κ1) is 20.2. The summed E-state index contributed by atoms with van der Waals surface area (Å²) in [4.78, 5) is 17.6. The topological polar surface area (TPSA) is 82.1 Å². The number of anilines is 1. The number of benzene rings is 1. The lowest BCUT2D eigenvalue weighted by molar-refractivity contribution is 0.161. The first-order chi connectivity index (χ1) is 15.7. The van der Waals surface area contributed by atoms with Crippen LogP contribution in [0.2, 0.25) is 0 Å². The van der Waals surface area contributed by atoms with Gasteiger partial charge in [-0.15, -0.1) is 0 Å². The molecule has 0 radical (unpaired) electrons. The Morgan fingerprint density at radius 1 is 0.938 bits per heavy atom. The van der Waals surface area contributed by atoms with Crippen LogP contribution in [-0.2, 0) is 0 Å². The second-order valence-electron chi connectivity index (χ2n) is 8.08. The van der Waals surface area contributed by atoms with Gasteiger partial charge in [-0.25, -0.2) is 15.0 Å². The molecule has 1 aliphatic heterocycles. The molecule has 0 saturated carbocycles. The Bertz CT molecular complexity index is 1250. The van der Waals surface area contributed by atoms with E-state index in [4.69, 9.17) is 9.47 Å². The lowest BCUT2D eigenvalue weighted by Gasteiger charge is -2.26. The zero-order valence-electron chi connectivity index (χ0n) is 18.2. The van der Waals surface area contributed by atoms with Crippen LogP contribution in [0.3, 0.4) is 0 Å². The number of nitrogens with zero attached hydrogens (tertiary/aromatic N) is 4. The van der Waals surface area contributed by atoms with Gasteiger partial charge in [-0.1, -0.05) is 32.0 Å². The number of ether oxygens (including phenoxy) is 2. The van der Waals surface area contributed by atoms with Crippen molar-refractivity contribution in [2.75, 3.05) is 25.1 Å². The molecule has 5 rings (SSSR count). The van der Waals surface area contributed by atoms with Crippen molar-refractivity contribution in [2.45, 2.75) is 19.8 Å². The van der Waals surface area contributed by atoms with E-state index in [-0.39, 0.29) is 5.92 Å². The SMILES string of the molecule is CC(CNc1cc(-c2ccc3cccnc3c2)ncn1)C(C)c1ccnc2c1OCCO2. The molecule has 0 spiro atoms. The fourth-order valence-corrected chi connectivity index (χ4v) is 3.92. The molecule has 2 atom stereocenters. The number of hydrogen-bond acceptors (Lipinski definition) is 7. The predicted octanol–water partition coefficient (Wildman–Crippen LogP) is 4.71. The molecule has 0 aliphatic carbocycles. The van der Waals surface area contributed by atoms with Crippen LogP contribution in [0, 0.1) is 5.92 Å². The van der Waals surface area contributed by atoms with Crippen molar-refractivity contribution in [3.05, 3.63) is 66.7 Å². The van der Waals surface area contributed by atoms with Crippen LogP contribution in [0.5, 0.6) is 11.6 Å². The normalized spacial score (nSPS) is 14.7. The maximum Gasteiger partial charge on any atom is 0.257 e. The van der Waals surface area contributed by atoms with E-state index >= 15 is 0 Å². The summed E-state index contributed by atoms with van der Waals surface area (Å²) in [7, 11) is 0. The third-order valence-corrected chi connectivity index (χ3v) is 5.99. The highest BCUT2D eigenvalue weighted by molar-refractivity contribution is 5.83. The van der Waals surface area contributed by atoms with Gasteiger partial charge in [0.2, 0.25) is 0 Å². The highest BCUT2D eigenvalue weighted by Gasteiger charge is 2.24. The van der Waals surface area contributed by atoms with Gasteiger partial charge in [0.15, 0.2) is 5.75 Å². The lowest BCUT2D eigenvalue weighted by atomic mass is 9.88. The first-order valence-electron chi connectivity index (χ1n) is 10.8. The zero-order chi connectivity index (χ0) is 21.9. The Kier molecular flexibility index (Phi) is 5.54. The van der Waals surface area contributed by atoms with Gasteiger partial charge in [-0.2, -0.15) is 0 Å². The van der Waals surface area contributed by atoms with E-state index in [1.54, 1.807) is 18.7 Å². The maximum atomic E-state index is 5.85. The molecule has 0 fully saturated rings. The highest BCUT2D eigenvalue weighted by atomic mass is 16.6. The van der Waals surface area contributed by atoms with Gasteiger partial charge in [-0.05, 0) is 30.0 Å². The van der Waals surface area contributed by atoms with Gasteiger partial charge in [0.1, 0.15) is 25.4 Å². The van der Waals surface area contributed by atoms with Gasteiger partial charge in [0, 0.05) is 41.5 Å². The van der Waals surface area contributed by atoms with E-state index in [9.17, 15) is 0 Å². The molecule has 32 heavy (non-hydrogen) atoms. The standard InChI is InChI=1S/C25H25N5O2/c1-16(17(2)20-7-9-27-25-24(20)31-10-11-32-25)14-28-23-13-22(29-15-30-23)19-6-5-18-4-3-8-26-21(18)12-19/h3-9,12-13,15-17H,10-11,14H2,1-2H3,(H,28,29,30). The molecule has 0 saturated heterocycles. The molecule has 0 amide bonds. The Hall–Kier alpha value is -3.74. The molecule has 7 nitrogen and oxygen atoms in total. The fraction of sp³-hybridized carbons (Fsp3) is 0.280. The van der Waals surface area contributed by atoms with Gasteiger partial charge in [-0.3, -0.25) is 4.98 Å². The van der Waals surface area contributed by atoms with E-state index in [1.165, 1.54) is 0 Å². The molecular formula is C25H25N5O2. The molecule has 1 aromatic carbocycles. The van der Waals surface area contributed by atoms with Crippen LogP contribution in [0.15, 0.2) is 61.2 Å². The third-order valence-electron chi connectivity index (χ3n) is 5.99. The minimum atomic E-state index is 0.258. The summed E-state index contributed by atoms with van der Waals surface area (Å²) in [6, 6.07) is 14.2. The van der Waals surface area contributed by atoms with Crippen LogP contribution in [-0.4, -0.2) is 39.7 Å². The van der Waals surface area contributed by atoms with Crippen LogP contribution >= 0.6 is 0 Å². The monoisotopic (exact) mass is 427 g/mol. The average molecular weight is 428 g/mol. The van der Waals surface area contributed by atoms with Crippen molar-refractivity contribution in [1.82, 2.24) is 19.9 Å². The number of fused-ring (bicyclic) bond motifs is 2. The predicted molar refractivity (Wildman–Crippen MR) is 124 cm³/mol. The summed E-state index contributed by atoms with van der Waals surface area (Å²) < 4.78 is 11.5. The summed E-state index contributed by atoms with van der Waals surface area (Å²) in [5.74, 6) is 2.74. The lowest BCUT2D eigenvalue weighted by Crippen LogP contribution is -2.21. The van der Waals surface area contributed by atoms with E-state index in [1.807, 2.05) is 18.2 Å². The Morgan fingerprint density at radius 2 is 1.84 bits per heavy atom. The molecule has 1 aliphatic rings. The summed E-state index contributed by atoms with van der Waals surface area (Å²) in [5, 5.41) is 4.58. The quantitative estimate of drug-likeness (QED) is 0.477. The van der Waals surface area contributed by atoms with Crippen molar-refractivity contribution in [3.63, 3.8) is 0 Å². The van der Waals surface area contributed by atoms with Crippen molar-refractivity contribution >= 4 is 16.7 Å². The average Bonchev–Trinajstić information content (AvgIpc) is 2.86.